The maximum atomic E-state index is 4.99. The first-order valence-corrected chi connectivity index (χ1v) is 23.8. The summed E-state index contributed by atoms with van der Waals surface area (Å²) in [5.74, 6) is 0.331. The summed E-state index contributed by atoms with van der Waals surface area (Å²) in [6.07, 6.45) is 6.69. The van der Waals surface area contributed by atoms with Crippen molar-refractivity contribution in [1.82, 2.24) is 5.32 Å². The Morgan fingerprint density at radius 1 is 0.308 bits per heavy atom. The lowest BCUT2D eigenvalue weighted by atomic mass is 9.60. The Morgan fingerprint density at radius 2 is 0.600 bits per heavy atom. The molecule has 310 valence electrons. The molecule has 0 spiro atoms. The van der Waals surface area contributed by atoms with Gasteiger partial charge in [0.05, 0.1) is 11.1 Å². The molecule has 65 heavy (non-hydrogen) atoms. The first-order chi connectivity index (χ1) is 32.1. The van der Waals surface area contributed by atoms with Crippen LogP contribution in [0.2, 0.25) is 0 Å². The van der Waals surface area contributed by atoms with Gasteiger partial charge in [0.15, 0.2) is 0 Å². The summed E-state index contributed by atoms with van der Waals surface area (Å²) in [4.78, 5) is 0. The van der Waals surface area contributed by atoms with Crippen molar-refractivity contribution >= 4 is 0 Å². The van der Waals surface area contributed by atoms with Crippen LogP contribution >= 0.6 is 0 Å². The van der Waals surface area contributed by atoms with Crippen LogP contribution in [-0.2, 0) is 43.2 Å². The molecular formula is C64H49N. The highest BCUT2D eigenvalue weighted by Crippen LogP contribution is 2.58. The molecule has 0 bridgehead atoms. The summed E-state index contributed by atoms with van der Waals surface area (Å²) in [6.45, 7) is 0. The van der Waals surface area contributed by atoms with E-state index in [-0.39, 0.29) is 0 Å². The number of benzene rings is 9. The molecule has 1 nitrogen and oxygen atoms in total. The lowest BCUT2D eigenvalue weighted by Gasteiger charge is -2.55. The van der Waals surface area contributed by atoms with Crippen LogP contribution in [-0.4, -0.2) is 0 Å². The predicted molar refractivity (Wildman–Crippen MR) is 266 cm³/mol. The molecule has 14 rings (SSSR count). The van der Waals surface area contributed by atoms with E-state index in [1.54, 1.807) is 0 Å². The van der Waals surface area contributed by atoms with E-state index in [0.717, 1.165) is 44.9 Å². The zero-order valence-corrected chi connectivity index (χ0v) is 36.6. The minimum Gasteiger partial charge on any atom is -0.290 e. The van der Waals surface area contributed by atoms with E-state index in [0.29, 0.717) is 5.92 Å². The van der Waals surface area contributed by atoms with Gasteiger partial charge in [-0.3, -0.25) is 5.32 Å². The predicted octanol–water partition coefficient (Wildman–Crippen LogP) is 14.4. The molecule has 1 heterocycles. The number of hydrogen-bond donors (Lipinski definition) is 1. The van der Waals surface area contributed by atoms with Gasteiger partial charge in [-0.1, -0.05) is 200 Å². The van der Waals surface area contributed by atoms with Crippen molar-refractivity contribution in [3.05, 3.63) is 273 Å². The highest BCUT2D eigenvalue weighted by atomic mass is 15.1. The Bertz CT molecular complexity index is 3010. The summed E-state index contributed by atoms with van der Waals surface area (Å²) < 4.78 is 0. The topological polar surface area (TPSA) is 12.0 Å². The number of nitrogens with one attached hydrogen (secondary N) is 1. The van der Waals surface area contributed by atoms with Gasteiger partial charge in [-0.05, 0) is 168 Å². The number of hydrogen-bond acceptors (Lipinski definition) is 1. The molecule has 9 aromatic carbocycles. The molecule has 0 amide bonds. The van der Waals surface area contributed by atoms with Crippen molar-refractivity contribution in [2.24, 2.45) is 5.92 Å². The van der Waals surface area contributed by atoms with Gasteiger partial charge in [0.25, 0.3) is 0 Å². The molecule has 4 aliphatic carbocycles. The molecule has 1 N–H and O–H groups in total. The second kappa shape index (κ2) is 14.2. The quantitative estimate of drug-likeness (QED) is 0.176. The van der Waals surface area contributed by atoms with Gasteiger partial charge in [0.2, 0.25) is 0 Å². The van der Waals surface area contributed by atoms with Gasteiger partial charge in [-0.25, -0.2) is 0 Å². The van der Waals surface area contributed by atoms with Crippen LogP contribution in [0, 0.1) is 5.92 Å². The van der Waals surface area contributed by atoms with Crippen molar-refractivity contribution in [3.8, 4) is 44.5 Å². The molecule has 1 heteroatoms. The Morgan fingerprint density at radius 3 is 0.938 bits per heavy atom. The molecule has 0 saturated carbocycles. The summed E-state index contributed by atoms with van der Waals surface area (Å²) in [7, 11) is 0. The third kappa shape index (κ3) is 5.49. The molecule has 5 aliphatic rings. The fraction of sp³-hybridized carbons (Fsp3) is 0.156. The molecule has 9 aromatic rings. The third-order valence-corrected chi connectivity index (χ3v) is 16.2. The van der Waals surface area contributed by atoms with Gasteiger partial charge in [-0.2, -0.15) is 0 Å². The third-order valence-electron chi connectivity index (χ3n) is 16.2. The molecular weight excluding hydrogens is 783 g/mol. The van der Waals surface area contributed by atoms with Crippen LogP contribution in [0.15, 0.2) is 200 Å². The van der Waals surface area contributed by atoms with Gasteiger partial charge >= 0.3 is 0 Å². The van der Waals surface area contributed by atoms with Crippen LogP contribution in [0.3, 0.4) is 0 Å². The van der Waals surface area contributed by atoms with E-state index in [9.17, 15) is 0 Å². The molecule has 1 aliphatic heterocycles. The van der Waals surface area contributed by atoms with Gasteiger partial charge < -0.3 is 0 Å². The first kappa shape index (κ1) is 37.3. The monoisotopic (exact) mass is 831 g/mol. The largest absolute Gasteiger partial charge is 0.290 e. The van der Waals surface area contributed by atoms with Crippen molar-refractivity contribution in [2.75, 3.05) is 0 Å². The van der Waals surface area contributed by atoms with E-state index in [1.165, 1.54) is 117 Å². The van der Waals surface area contributed by atoms with Crippen LogP contribution in [0.5, 0.6) is 0 Å². The van der Waals surface area contributed by atoms with E-state index in [4.69, 9.17) is 5.32 Å². The molecule has 1 fully saturated rings. The highest BCUT2D eigenvalue weighted by Gasteiger charge is 2.55. The summed E-state index contributed by atoms with van der Waals surface area (Å²) >= 11 is 0. The Kier molecular flexibility index (Phi) is 8.17. The maximum absolute atomic E-state index is 4.99. The minimum atomic E-state index is -0.555. The maximum Gasteiger partial charge on any atom is 0.0708 e. The van der Waals surface area contributed by atoms with E-state index < -0.39 is 11.1 Å². The molecule has 0 aromatic heterocycles. The van der Waals surface area contributed by atoms with Crippen molar-refractivity contribution in [1.29, 1.82) is 0 Å². The second-order valence-electron chi connectivity index (χ2n) is 19.6. The van der Waals surface area contributed by atoms with Gasteiger partial charge in [-0.15, -0.1) is 0 Å². The van der Waals surface area contributed by atoms with Crippen molar-refractivity contribution < 1.29 is 0 Å². The highest BCUT2D eigenvalue weighted by molar-refractivity contribution is 5.84. The van der Waals surface area contributed by atoms with E-state index >= 15 is 0 Å². The Balaban J connectivity index is 1.10. The standard InChI is InChI=1S/C64H49N/c1-2-16-41(17-3-1)34-42-39-63(59-30-12-26-51-47-22-8-4-18-43(47)35-55(51)59,60-31-13-27-52-48-23-9-5-19-44(48)36-56(52)60)65-64(40-42,61-32-14-28-53-49-24-10-6-20-45(49)37-57(53)61)62-33-15-29-54-50-25-11-7-21-46(50)38-58(54)62/h1-33,42,65H,34-40H2. The van der Waals surface area contributed by atoms with E-state index in [1.807, 2.05) is 0 Å². The summed E-state index contributed by atoms with van der Waals surface area (Å²) in [5.41, 5.74) is 28.7. The smallest absolute Gasteiger partial charge is 0.0708 e. The lowest BCUT2D eigenvalue weighted by molar-refractivity contribution is 0.128. The number of fused-ring (bicyclic) bond motifs is 12. The summed E-state index contributed by atoms with van der Waals surface area (Å²) in [6, 6.07) is 77.1. The second-order valence-corrected chi connectivity index (χ2v) is 19.6. The summed E-state index contributed by atoms with van der Waals surface area (Å²) in [5, 5.41) is 4.99. The number of piperidine rings is 1. The average molecular weight is 832 g/mol. The molecule has 0 atom stereocenters. The van der Waals surface area contributed by atoms with E-state index in [2.05, 4.69) is 200 Å². The van der Waals surface area contributed by atoms with Crippen LogP contribution in [0.4, 0.5) is 0 Å². The van der Waals surface area contributed by atoms with Crippen LogP contribution in [0.25, 0.3) is 44.5 Å². The van der Waals surface area contributed by atoms with Crippen LogP contribution in [0.1, 0.15) is 85.2 Å². The minimum absolute atomic E-state index is 0.331. The normalized spacial score (nSPS) is 16.4. The molecule has 0 radical (unpaired) electrons. The van der Waals surface area contributed by atoms with Crippen molar-refractivity contribution in [3.63, 3.8) is 0 Å². The fourth-order valence-electron chi connectivity index (χ4n) is 13.7. The fourth-order valence-corrected chi connectivity index (χ4v) is 13.7. The van der Waals surface area contributed by atoms with Crippen molar-refractivity contribution in [2.45, 2.75) is 56.0 Å². The molecule has 1 saturated heterocycles. The van der Waals surface area contributed by atoms with Gasteiger partial charge in [0.1, 0.15) is 0 Å². The van der Waals surface area contributed by atoms with Gasteiger partial charge in [0, 0.05) is 0 Å². The Hall–Kier alpha value is -7.06. The zero-order valence-electron chi connectivity index (χ0n) is 36.6. The average Bonchev–Trinajstić information content (AvgIpc) is 4.14. The number of rotatable bonds is 6. The van der Waals surface area contributed by atoms with Crippen LogP contribution < -0.4 is 5.32 Å². The lowest BCUT2D eigenvalue weighted by Crippen LogP contribution is -2.62. The SMILES string of the molecule is c1ccc(CC2CC(c3cccc4c3Cc3ccccc3-4)(c3cccc4c3Cc3ccccc3-4)NC(c3cccc4c3Cc3ccccc3-4)(c3cccc4c3Cc3ccccc3-4)C2)cc1. The first-order valence-electron chi connectivity index (χ1n) is 23.8. The Labute approximate surface area is 382 Å². The zero-order chi connectivity index (χ0) is 42.7. The molecule has 0 unspecified atom stereocenters.